The molecular formula is C13H20ClNO5S. The van der Waals surface area contributed by atoms with Crippen molar-refractivity contribution in [3.05, 3.63) is 18.0 Å². The number of ether oxygens (including phenoxy) is 2. The van der Waals surface area contributed by atoms with Gasteiger partial charge in [0, 0.05) is 30.5 Å². The van der Waals surface area contributed by atoms with E-state index < -0.39 is 15.0 Å². The summed E-state index contributed by atoms with van der Waals surface area (Å²) in [6.45, 7) is 6.29. The number of hydrogen-bond donors (Lipinski definition) is 0. The zero-order chi connectivity index (χ0) is 16.2. The van der Waals surface area contributed by atoms with Crippen molar-refractivity contribution in [1.82, 2.24) is 4.57 Å². The topological polar surface area (TPSA) is 74.6 Å². The number of carbonyl (C=O) groups is 1. The van der Waals surface area contributed by atoms with Gasteiger partial charge in [-0.25, -0.2) is 13.2 Å². The Morgan fingerprint density at radius 2 is 2.00 bits per heavy atom. The molecule has 0 aromatic carbocycles. The zero-order valence-electron chi connectivity index (χ0n) is 12.5. The fourth-order valence-corrected chi connectivity index (χ4v) is 2.29. The number of esters is 1. The number of hydrogen-bond acceptors (Lipinski definition) is 5. The SMILES string of the molecule is COCCn1cc(S(=O)(=O)Cl)cc1C(=O)OC(C)C(C)C. The summed E-state index contributed by atoms with van der Waals surface area (Å²) in [6.07, 6.45) is 1.03. The van der Waals surface area contributed by atoms with E-state index in [4.69, 9.17) is 20.2 Å². The number of aromatic nitrogens is 1. The zero-order valence-corrected chi connectivity index (χ0v) is 14.1. The number of nitrogens with zero attached hydrogens (tertiary/aromatic N) is 1. The Balaban J connectivity index is 3.08. The molecule has 0 radical (unpaired) electrons. The molecule has 1 heterocycles. The Kier molecular flexibility index (Phi) is 6.24. The molecule has 1 atom stereocenters. The Bertz CT molecular complexity index is 594. The average molecular weight is 338 g/mol. The van der Waals surface area contributed by atoms with Gasteiger partial charge in [-0.2, -0.15) is 0 Å². The summed E-state index contributed by atoms with van der Waals surface area (Å²) in [5.74, 6) is -0.425. The van der Waals surface area contributed by atoms with Crippen LogP contribution in [-0.4, -0.2) is 38.8 Å². The molecule has 1 unspecified atom stereocenters. The lowest BCUT2D eigenvalue weighted by Crippen LogP contribution is -2.22. The molecule has 0 N–H and O–H groups in total. The first-order valence-corrected chi connectivity index (χ1v) is 8.82. The van der Waals surface area contributed by atoms with Gasteiger partial charge in [-0.05, 0) is 18.9 Å². The van der Waals surface area contributed by atoms with Gasteiger partial charge in [0.1, 0.15) is 16.7 Å². The summed E-state index contributed by atoms with van der Waals surface area (Å²) in [5.41, 5.74) is 0.138. The van der Waals surface area contributed by atoms with Crippen LogP contribution in [0.3, 0.4) is 0 Å². The Hall–Kier alpha value is -1.05. The van der Waals surface area contributed by atoms with Gasteiger partial charge in [-0.1, -0.05) is 13.8 Å². The molecule has 0 fully saturated rings. The fourth-order valence-electron chi connectivity index (χ4n) is 1.53. The van der Waals surface area contributed by atoms with Gasteiger partial charge in [0.25, 0.3) is 9.05 Å². The second-order valence-corrected chi connectivity index (χ2v) is 7.61. The summed E-state index contributed by atoms with van der Waals surface area (Å²) in [5, 5.41) is 0. The highest BCUT2D eigenvalue weighted by atomic mass is 35.7. The van der Waals surface area contributed by atoms with Crippen molar-refractivity contribution in [3.63, 3.8) is 0 Å². The average Bonchev–Trinajstić information content (AvgIpc) is 2.80. The van der Waals surface area contributed by atoms with E-state index in [1.165, 1.54) is 23.9 Å². The minimum Gasteiger partial charge on any atom is -0.458 e. The summed E-state index contributed by atoms with van der Waals surface area (Å²) >= 11 is 0. The molecule has 0 saturated carbocycles. The van der Waals surface area contributed by atoms with Crippen LogP contribution in [0, 0.1) is 5.92 Å². The van der Waals surface area contributed by atoms with Crippen LogP contribution in [0.15, 0.2) is 17.2 Å². The van der Waals surface area contributed by atoms with Crippen molar-refractivity contribution in [1.29, 1.82) is 0 Å². The molecule has 6 nitrogen and oxygen atoms in total. The molecule has 0 aliphatic heterocycles. The Morgan fingerprint density at radius 3 is 2.48 bits per heavy atom. The fraction of sp³-hybridized carbons (Fsp3) is 0.615. The van der Waals surface area contributed by atoms with Gasteiger partial charge in [0.2, 0.25) is 0 Å². The first kappa shape index (κ1) is 18.0. The molecule has 1 aromatic heterocycles. The van der Waals surface area contributed by atoms with Gasteiger partial charge in [0.15, 0.2) is 0 Å². The van der Waals surface area contributed by atoms with Crippen molar-refractivity contribution >= 4 is 25.7 Å². The predicted molar refractivity (Wildman–Crippen MR) is 79.1 cm³/mol. The highest BCUT2D eigenvalue weighted by molar-refractivity contribution is 8.13. The second kappa shape index (κ2) is 7.29. The van der Waals surface area contributed by atoms with Crippen LogP contribution in [0.5, 0.6) is 0 Å². The van der Waals surface area contributed by atoms with E-state index in [0.717, 1.165) is 0 Å². The maximum Gasteiger partial charge on any atom is 0.355 e. The molecule has 1 rings (SSSR count). The standard InChI is InChI=1S/C13H20ClNO5S/c1-9(2)10(3)20-13(16)12-7-11(21(14,17)18)8-15(12)5-6-19-4/h7-10H,5-6H2,1-4H3. The minimum absolute atomic E-state index is 0.135. The molecular weight excluding hydrogens is 318 g/mol. The van der Waals surface area contributed by atoms with Crippen molar-refractivity contribution in [2.45, 2.75) is 38.3 Å². The van der Waals surface area contributed by atoms with Gasteiger partial charge in [0.05, 0.1) is 6.61 Å². The summed E-state index contributed by atoms with van der Waals surface area (Å²) in [4.78, 5) is 12.0. The summed E-state index contributed by atoms with van der Waals surface area (Å²) < 4.78 is 34.5. The van der Waals surface area contributed by atoms with E-state index in [0.29, 0.717) is 13.2 Å². The molecule has 0 saturated heterocycles. The number of carbonyl (C=O) groups excluding carboxylic acids is 1. The number of halogens is 1. The molecule has 8 heteroatoms. The normalized spacial score (nSPS) is 13.4. The second-order valence-electron chi connectivity index (χ2n) is 5.04. The maximum absolute atomic E-state index is 12.2. The lowest BCUT2D eigenvalue weighted by Gasteiger charge is -2.17. The third kappa shape index (κ3) is 5.01. The monoisotopic (exact) mass is 337 g/mol. The highest BCUT2D eigenvalue weighted by Crippen LogP contribution is 2.20. The minimum atomic E-state index is -3.91. The predicted octanol–water partition coefficient (Wildman–Crippen LogP) is 2.26. The van der Waals surface area contributed by atoms with E-state index in [-0.39, 0.29) is 22.6 Å². The van der Waals surface area contributed by atoms with Gasteiger partial charge in [-0.3, -0.25) is 0 Å². The smallest absolute Gasteiger partial charge is 0.355 e. The third-order valence-electron chi connectivity index (χ3n) is 3.13. The molecule has 1 aromatic rings. The van der Waals surface area contributed by atoms with Crippen molar-refractivity contribution in [2.24, 2.45) is 5.92 Å². The largest absolute Gasteiger partial charge is 0.458 e. The highest BCUT2D eigenvalue weighted by Gasteiger charge is 2.23. The number of rotatable bonds is 7. The first-order valence-electron chi connectivity index (χ1n) is 6.51. The van der Waals surface area contributed by atoms with Crippen LogP contribution in [-0.2, 0) is 25.1 Å². The molecule has 21 heavy (non-hydrogen) atoms. The van der Waals surface area contributed by atoms with Crippen LogP contribution in [0.25, 0.3) is 0 Å². The summed E-state index contributed by atoms with van der Waals surface area (Å²) in [7, 11) is 2.92. The van der Waals surface area contributed by atoms with E-state index in [2.05, 4.69) is 0 Å². The van der Waals surface area contributed by atoms with Crippen molar-refractivity contribution in [2.75, 3.05) is 13.7 Å². The van der Waals surface area contributed by atoms with Crippen LogP contribution in [0.2, 0.25) is 0 Å². The lowest BCUT2D eigenvalue weighted by molar-refractivity contribution is 0.0224. The number of methoxy groups -OCH3 is 1. The lowest BCUT2D eigenvalue weighted by atomic mass is 10.1. The molecule has 0 aliphatic rings. The van der Waals surface area contributed by atoms with Gasteiger partial charge < -0.3 is 14.0 Å². The molecule has 0 aliphatic carbocycles. The van der Waals surface area contributed by atoms with Crippen LogP contribution >= 0.6 is 10.7 Å². The van der Waals surface area contributed by atoms with Crippen LogP contribution in [0.1, 0.15) is 31.3 Å². The maximum atomic E-state index is 12.2. The molecule has 0 amide bonds. The van der Waals surface area contributed by atoms with E-state index >= 15 is 0 Å². The summed E-state index contributed by atoms with van der Waals surface area (Å²) in [6, 6.07) is 1.22. The van der Waals surface area contributed by atoms with E-state index in [1.54, 1.807) is 6.92 Å². The molecule has 0 bridgehead atoms. The first-order chi connectivity index (χ1) is 9.66. The van der Waals surface area contributed by atoms with E-state index in [9.17, 15) is 13.2 Å². The van der Waals surface area contributed by atoms with Gasteiger partial charge in [-0.15, -0.1) is 0 Å². The van der Waals surface area contributed by atoms with Crippen molar-refractivity contribution in [3.8, 4) is 0 Å². The van der Waals surface area contributed by atoms with Crippen LogP contribution < -0.4 is 0 Å². The molecule has 0 spiro atoms. The molecule has 120 valence electrons. The Morgan fingerprint density at radius 1 is 1.38 bits per heavy atom. The van der Waals surface area contributed by atoms with Crippen molar-refractivity contribution < 1.29 is 22.7 Å². The Labute approximate surface area is 129 Å². The third-order valence-corrected chi connectivity index (χ3v) is 4.45. The quantitative estimate of drug-likeness (QED) is 0.563. The van der Waals surface area contributed by atoms with E-state index in [1.807, 2.05) is 13.8 Å². The van der Waals surface area contributed by atoms with Gasteiger partial charge >= 0.3 is 5.97 Å². The van der Waals surface area contributed by atoms with Crippen LogP contribution in [0.4, 0.5) is 0 Å².